The lowest BCUT2D eigenvalue weighted by molar-refractivity contribution is -0.0397. The summed E-state index contributed by atoms with van der Waals surface area (Å²) in [5, 5.41) is 4.11. The van der Waals surface area contributed by atoms with E-state index in [9.17, 15) is 0 Å². The molecule has 1 aliphatic heterocycles. The summed E-state index contributed by atoms with van der Waals surface area (Å²) in [6.07, 6.45) is 8.65. The molecule has 2 aromatic heterocycles. The maximum absolute atomic E-state index is 5.66. The Labute approximate surface area is 129 Å². The van der Waals surface area contributed by atoms with Crippen molar-refractivity contribution in [3.8, 4) is 11.4 Å². The summed E-state index contributed by atoms with van der Waals surface area (Å²) in [5.41, 5.74) is 0.877. The molecule has 1 atom stereocenters. The maximum atomic E-state index is 5.66. The Kier molecular flexibility index (Phi) is 3.86. The first-order valence-corrected chi connectivity index (χ1v) is 7.99. The van der Waals surface area contributed by atoms with E-state index in [0.717, 1.165) is 18.7 Å². The van der Waals surface area contributed by atoms with Crippen LogP contribution in [0.4, 0.5) is 0 Å². The van der Waals surface area contributed by atoms with E-state index in [1.807, 2.05) is 12.1 Å². The quantitative estimate of drug-likeness (QED) is 0.867. The topological polar surface area (TPSA) is 64.3 Å². The summed E-state index contributed by atoms with van der Waals surface area (Å²) < 4.78 is 11.2. The lowest BCUT2D eigenvalue weighted by Crippen LogP contribution is -2.44. The summed E-state index contributed by atoms with van der Waals surface area (Å²) in [5.74, 6) is 1.26. The number of hydrogen-bond acceptors (Lipinski definition) is 6. The first-order valence-electron chi connectivity index (χ1n) is 7.99. The van der Waals surface area contributed by atoms with E-state index in [-0.39, 0.29) is 6.04 Å². The standard InChI is InChI=1S/C16H20N4O2/c1-2-6-13(5-1)20-8-9-21-11-14(20)16-18-15(19-22-16)12-4-3-7-17-10-12/h3-4,7,10,13-14H,1-2,5-6,8-9,11H2/t14-/m1/s1. The van der Waals surface area contributed by atoms with Crippen molar-refractivity contribution in [3.05, 3.63) is 30.4 Å². The Morgan fingerprint density at radius 3 is 2.95 bits per heavy atom. The van der Waals surface area contributed by atoms with E-state index in [1.165, 1.54) is 25.7 Å². The molecular weight excluding hydrogens is 280 g/mol. The van der Waals surface area contributed by atoms with Crippen LogP contribution in [0, 0.1) is 0 Å². The number of hydrogen-bond donors (Lipinski definition) is 0. The molecule has 6 nitrogen and oxygen atoms in total. The van der Waals surface area contributed by atoms with Gasteiger partial charge >= 0.3 is 0 Å². The van der Waals surface area contributed by atoms with Crippen molar-refractivity contribution >= 4 is 0 Å². The van der Waals surface area contributed by atoms with Crippen LogP contribution in [0.5, 0.6) is 0 Å². The summed E-state index contributed by atoms with van der Waals surface area (Å²) in [6.45, 7) is 2.36. The lowest BCUT2D eigenvalue weighted by Gasteiger charge is -2.37. The average Bonchev–Trinajstić information content (AvgIpc) is 3.28. The van der Waals surface area contributed by atoms with E-state index >= 15 is 0 Å². The highest BCUT2D eigenvalue weighted by atomic mass is 16.5. The van der Waals surface area contributed by atoms with Crippen LogP contribution in [-0.4, -0.2) is 45.8 Å². The molecule has 22 heavy (non-hydrogen) atoms. The molecule has 1 saturated heterocycles. The Morgan fingerprint density at radius 2 is 2.14 bits per heavy atom. The molecule has 1 saturated carbocycles. The van der Waals surface area contributed by atoms with Crippen molar-refractivity contribution in [2.24, 2.45) is 0 Å². The highest BCUT2D eigenvalue weighted by Gasteiger charge is 2.35. The number of nitrogens with zero attached hydrogens (tertiary/aromatic N) is 4. The van der Waals surface area contributed by atoms with Crippen LogP contribution in [0.1, 0.15) is 37.6 Å². The van der Waals surface area contributed by atoms with Crippen molar-refractivity contribution < 1.29 is 9.26 Å². The van der Waals surface area contributed by atoms with Crippen LogP contribution in [0.2, 0.25) is 0 Å². The van der Waals surface area contributed by atoms with E-state index in [1.54, 1.807) is 12.4 Å². The van der Waals surface area contributed by atoms with Crippen LogP contribution in [-0.2, 0) is 4.74 Å². The normalized spacial score (nSPS) is 23.9. The molecule has 6 heteroatoms. The Balaban J connectivity index is 1.58. The molecule has 116 valence electrons. The van der Waals surface area contributed by atoms with Crippen molar-refractivity contribution in [1.82, 2.24) is 20.0 Å². The predicted octanol–water partition coefficient (Wildman–Crippen LogP) is 2.45. The third kappa shape index (κ3) is 2.64. The summed E-state index contributed by atoms with van der Waals surface area (Å²) >= 11 is 0. The van der Waals surface area contributed by atoms with E-state index in [2.05, 4.69) is 20.0 Å². The third-order valence-corrected chi connectivity index (χ3v) is 4.61. The van der Waals surface area contributed by atoms with Crippen molar-refractivity contribution in [2.45, 2.75) is 37.8 Å². The summed E-state index contributed by atoms with van der Waals surface area (Å²) in [7, 11) is 0. The van der Waals surface area contributed by atoms with Crippen molar-refractivity contribution in [2.75, 3.05) is 19.8 Å². The van der Waals surface area contributed by atoms with E-state index < -0.39 is 0 Å². The Morgan fingerprint density at radius 1 is 1.23 bits per heavy atom. The van der Waals surface area contributed by atoms with Gasteiger partial charge in [0, 0.05) is 30.5 Å². The van der Waals surface area contributed by atoms with Crippen LogP contribution in [0.25, 0.3) is 11.4 Å². The Bertz CT molecular complexity index is 610. The van der Waals surface area contributed by atoms with Gasteiger partial charge in [0.1, 0.15) is 6.04 Å². The van der Waals surface area contributed by atoms with Crippen molar-refractivity contribution in [1.29, 1.82) is 0 Å². The van der Waals surface area contributed by atoms with Crippen LogP contribution in [0.15, 0.2) is 29.0 Å². The van der Waals surface area contributed by atoms with Gasteiger partial charge in [0.05, 0.1) is 13.2 Å². The van der Waals surface area contributed by atoms with Gasteiger partial charge in [-0.25, -0.2) is 0 Å². The van der Waals surface area contributed by atoms with Crippen molar-refractivity contribution in [3.63, 3.8) is 0 Å². The van der Waals surface area contributed by atoms with Gasteiger partial charge in [0.2, 0.25) is 11.7 Å². The van der Waals surface area contributed by atoms with E-state index in [4.69, 9.17) is 9.26 Å². The highest BCUT2D eigenvalue weighted by Crippen LogP contribution is 2.33. The molecule has 0 bridgehead atoms. The van der Waals surface area contributed by atoms with E-state index in [0.29, 0.717) is 24.4 Å². The van der Waals surface area contributed by atoms with Gasteiger partial charge in [-0.1, -0.05) is 18.0 Å². The van der Waals surface area contributed by atoms with Crippen LogP contribution >= 0.6 is 0 Å². The van der Waals surface area contributed by atoms with Gasteiger partial charge in [0.25, 0.3) is 0 Å². The molecule has 0 unspecified atom stereocenters. The number of morpholine rings is 1. The third-order valence-electron chi connectivity index (χ3n) is 4.61. The average molecular weight is 300 g/mol. The molecule has 0 aromatic carbocycles. The summed E-state index contributed by atoms with van der Waals surface area (Å²) in [6, 6.07) is 4.52. The molecule has 1 aliphatic carbocycles. The van der Waals surface area contributed by atoms with Gasteiger partial charge in [-0.15, -0.1) is 0 Å². The molecular formula is C16H20N4O2. The molecule has 0 spiro atoms. The highest BCUT2D eigenvalue weighted by molar-refractivity contribution is 5.51. The Hall–Kier alpha value is -1.79. The fourth-order valence-corrected chi connectivity index (χ4v) is 3.49. The van der Waals surface area contributed by atoms with Crippen LogP contribution < -0.4 is 0 Å². The maximum Gasteiger partial charge on any atom is 0.246 e. The molecule has 2 fully saturated rings. The minimum absolute atomic E-state index is 0.0785. The molecule has 0 N–H and O–H groups in total. The van der Waals surface area contributed by atoms with Gasteiger partial charge in [-0.3, -0.25) is 9.88 Å². The largest absolute Gasteiger partial charge is 0.378 e. The zero-order valence-electron chi connectivity index (χ0n) is 12.5. The molecule has 3 heterocycles. The molecule has 2 aromatic rings. The number of ether oxygens (including phenoxy) is 1. The summed E-state index contributed by atoms with van der Waals surface area (Å²) in [4.78, 5) is 11.2. The van der Waals surface area contributed by atoms with Gasteiger partial charge in [-0.05, 0) is 25.0 Å². The molecule has 2 aliphatic rings. The second-order valence-corrected chi connectivity index (χ2v) is 5.96. The smallest absolute Gasteiger partial charge is 0.246 e. The predicted molar refractivity (Wildman–Crippen MR) is 80.1 cm³/mol. The SMILES string of the molecule is c1cncc(-c2noc([C@H]3COCCN3C3CCCC3)n2)c1. The monoisotopic (exact) mass is 300 g/mol. The molecule has 4 rings (SSSR count). The second-order valence-electron chi connectivity index (χ2n) is 5.96. The fourth-order valence-electron chi connectivity index (χ4n) is 3.49. The second kappa shape index (κ2) is 6.14. The number of pyridine rings is 1. The number of rotatable bonds is 3. The number of aromatic nitrogens is 3. The van der Waals surface area contributed by atoms with Gasteiger partial charge in [-0.2, -0.15) is 4.98 Å². The minimum Gasteiger partial charge on any atom is -0.378 e. The van der Waals surface area contributed by atoms with Gasteiger partial charge in [0.15, 0.2) is 0 Å². The van der Waals surface area contributed by atoms with Crippen LogP contribution in [0.3, 0.4) is 0 Å². The zero-order chi connectivity index (χ0) is 14.8. The molecule has 0 amide bonds. The van der Waals surface area contributed by atoms with Gasteiger partial charge < -0.3 is 9.26 Å². The zero-order valence-corrected chi connectivity index (χ0v) is 12.5. The first-order chi connectivity index (χ1) is 10.9. The lowest BCUT2D eigenvalue weighted by atomic mass is 10.1. The minimum atomic E-state index is 0.0785. The first kappa shape index (κ1) is 13.8. The molecule has 0 radical (unpaired) electrons. The fraction of sp³-hybridized carbons (Fsp3) is 0.562.